The average Bonchev–Trinajstić information content (AvgIpc) is 3.24. The molecule has 2 aliphatic rings. The Balaban J connectivity index is 1.48. The van der Waals surface area contributed by atoms with E-state index in [2.05, 4.69) is 11.2 Å². The lowest BCUT2D eigenvalue weighted by atomic mass is 9.87. The highest BCUT2D eigenvalue weighted by atomic mass is 35.5. The second-order valence-electron chi connectivity index (χ2n) is 7.95. The highest BCUT2D eigenvalue weighted by Gasteiger charge is 2.44. The first-order valence-corrected chi connectivity index (χ1v) is 10.1. The van der Waals surface area contributed by atoms with E-state index in [9.17, 15) is 9.90 Å². The Morgan fingerprint density at radius 2 is 1.82 bits per heavy atom. The van der Waals surface area contributed by atoms with Crippen LogP contribution in [0.1, 0.15) is 47.7 Å². The molecular weight excluding hydrogens is 374 g/mol. The molecule has 0 saturated carbocycles. The molecule has 2 aliphatic heterocycles. The van der Waals surface area contributed by atoms with Crippen molar-refractivity contribution in [1.82, 2.24) is 14.7 Å². The number of fused-ring (bicyclic) bond motifs is 3. The van der Waals surface area contributed by atoms with Crippen LogP contribution in [0, 0.1) is 0 Å². The molecule has 3 aromatic rings. The highest BCUT2D eigenvalue weighted by molar-refractivity contribution is 6.36. The van der Waals surface area contributed by atoms with Crippen molar-refractivity contribution in [1.29, 1.82) is 0 Å². The van der Waals surface area contributed by atoms with Gasteiger partial charge in [-0.3, -0.25) is 9.48 Å². The number of piperidine rings is 1. The van der Waals surface area contributed by atoms with E-state index in [0.29, 0.717) is 21.9 Å². The third-order valence-electron chi connectivity index (χ3n) is 6.44. The predicted molar refractivity (Wildman–Crippen MR) is 109 cm³/mol. The lowest BCUT2D eigenvalue weighted by Gasteiger charge is -2.39. The summed E-state index contributed by atoms with van der Waals surface area (Å²) in [6.07, 6.45) is 5.72. The van der Waals surface area contributed by atoms with E-state index in [4.69, 9.17) is 11.6 Å². The molecule has 0 spiro atoms. The number of phenols is 1. The van der Waals surface area contributed by atoms with Gasteiger partial charge in [0.1, 0.15) is 5.75 Å². The second kappa shape index (κ2) is 6.52. The molecule has 2 atom stereocenters. The number of aromatic hydroxyl groups is 1. The lowest BCUT2D eigenvalue weighted by Crippen LogP contribution is -2.46. The molecule has 2 bridgehead atoms. The fraction of sp³-hybridized carbons (Fsp3) is 0.364. The maximum absolute atomic E-state index is 13.4. The molecule has 144 valence electrons. The van der Waals surface area contributed by atoms with Crippen molar-refractivity contribution in [2.75, 3.05) is 0 Å². The van der Waals surface area contributed by atoms with Crippen LogP contribution in [0.25, 0.3) is 10.8 Å². The maximum atomic E-state index is 13.4. The van der Waals surface area contributed by atoms with Gasteiger partial charge in [-0.2, -0.15) is 5.10 Å². The van der Waals surface area contributed by atoms with Gasteiger partial charge >= 0.3 is 0 Å². The molecule has 0 radical (unpaired) electrons. The Kier molecular flexibility index (Phi) is 4.09. The van der Waals surface area contributed by atoms with Crippen LogP contribution >= 0.6 is 11.6 Å². The molecule has 1 amide bonds. The number of carbonyl (C=O) groups excluding carboxylic acids is 1. The van der Waals surface area contributed by atoms with Gasteiger partial charge in [0.05, 0.1) is 5.56 Å². The van der Waals surface area contributed by atoms with Crippen LogP contribution in [-0.4, -0.2) is 37.8 Å². The first-order valence-electron chi connectivity index (χ1n) is 9.75. The van der Waals surface area contributed by atoms with Gasteiger partial charge in [0.25, 0.3) is 5.91 Å². The Bertz CT molecular complexity index is 1060. The number of hydrogen-bond acceptors (Lipinski definition) is 3. The Morgan fingerprint density at radius 1 is 1.14 bits per heavy atom. The zero-order chi connectivity index (χ0) is 19.4. The summed E-state index contributed by atoms with van der Waals surface area (Å²) in [5, 5.41) is 17.0. The van der Waals surface area contributed by atoms with E-state index < -0.39 is 0 Å². The number of aryl methyl sites for hydroxylation is 1. The largest absolute Gasteiger partial charge is 0.506 e. The summed E-state index contributed by atoms with van der Waals surface area (Å²) in [5.41, 5.74) is 1.54. The number of rotatable bonds is 2. The van der Waals surface area contributed by atoms with Gasteiger partial charge in [-0.25, -0.2) is 0 Å². The van der Waals surface area contributed by atoms with Crippen LogP contribution in [0.3, 0.4) is 0 Å². The number of nitrogens with zero attached hydrogens (tertiary/aromatic N) is 3. The minimum absolute atomic E-state index is 0.0261. The van der Waals surface area contributed by atoms with Crippen LogP contribution in [-0.2, 0) is 7.05 Å². The smallest absolute Gasteiger partial charge is 0.258 e. The molecule has 0 aliphatic carbocycles. The normalized spacial score (nSPS) is 24.1. The molecule has 1 N–H and O–H groups in total. The molecule has 2 aromatic carbocycles. The van der Waals surface area contributed by atoms with Gasteiger partial charge in [-0.15, -0.1) is 0 Å². The number of aromatic nitrogens is 2. The molecule has 5 nitrogen and oxygen atoms in total. The van der Waals surface area contributed by atoms with E-state index in [1.54, 1.807) is 12.1 Å². The summed E-state index contributed by atoms with van der Waals surface area (Å²) in [6.45, 7) is 0. The first kappa shape index (κ1) is 17.6. The minimum Gasteiger partial charge on any atom is -0.506 e. The van der Waals surface area contributed by atoms with E-state index in [1.165, 1.54) is 5.69 Å². The predicted octanol–water partition coefficient (Wildman–Crippen LogP) is 4.48. The third kappa shape index (κ3) is 2.60. The zero-order valence-corrected chi connectivity index (χ0v) is 16.4. The summed E-state index contributed by atoms with van der Waals surface area (Å²) in [4.78, 5) is 15.4. The lowest BCUT2D eigenvalue weighted by molar-refractivity contribution is 0.0565. The van der Waals surface area contributed by atoms with Gasteiger partial charge < -0.3 is 10.0 Å². The summed E-state index contributed by atoms with van der Waals surface area (Å²) in [6, 6.07) is 11.5. The molecule has 3 heterocycles. The summed E-state index contributed by atoms with van der Waals surface area (Å²) in [7, 11) is 1.98. The van der Waals surface area contributed by atoms with Crippen molar-refractivity contribution in [3.63, 3.8) is 0 Å². The van der Waals surface area contributed by atoms with Crippen molar-refractivity contribution in [3.05, 3.63) is 58.9 Å². The van der Waals surface area contributed by atoms with Gasteiger partial charge in [-0.05, 0) is 37.8 Å². The quantitative estimate of drug-likeness (QED) is 0.695. The molecule has 5 rings (SSSR count). The Labute approximate surface area is 168 Å². The van der Waals surface area contributed by atoms with Gasteiger partial charge in [-0.1, -0.05) is 35.9 Å². The molecule has 2 saturated heterocycles. The van der Waals surface area contributed by atoms with Crippen molar-refractivity contribution >= 4 is 28.3 Å². The molecule has 2 fully saturated rings. The average molecular weight is 396 g/mol. The monoisotopic (exact) mass is 395 g/mol. The SMILES string of the molecule is Cn1nccc1C1CC2CCC(C1)N2C(=O)c1cc(Cl)c2ccccc2c1O. The first-order chi connectivity index (χ1) is 13.5. The maximum Gasteiger partial charge on any atom is 0.258 e. The summed E-state index contributed by atoms with van der Waals surface area (Å²) < 4.78 is 1.94. The summed E-state index contributed by atoms with van der Waals surface area (Å²) >= 11 is 6.42. The second-order valence-corrected chi connectivity index (χ2v) is 8.35. The molecule has 2 unspecified atom stereocenters. The standard InChI is InChI=1S/C22H22ClN3O2/c1-25-20(8-9-24-25)13-10-14-6-7-15(11-13)26(14)22(28)18-12-19(23)16-4-2-3-5-17(16)21(18)27/h2-5,8-9,12-15,27H,6-7,10-11H2,1H3. The Hall–Kier alpha value is -2.53. The topological polar surface area (TPSA) is 58.4 Å². The van der Waals surface area contributed by atoms with Crippen molar-refractivity contribution in [2.45, 2.75) is 43.7 Å². The van der Waals surface area contributed by atoms with Crippen LogP contribution in [0.5, 0.6) is 5.75 Å². The number of benzene rings is 2. The van der Waals surface area contributed by atoms with Crippen molar-refractivity contribution in [3.8, 4) is 5.75 Å². The van der Waals surface area contributed by atoms with E-state index in [0.717, 1.165) is 31.1 Å². The van der Waals surface area contributed by atoms with Crippen LogP contribution < -0.4 is 0 Å². The molecule has 1 aromatic heterocycles. The molecular formula is C22H22ClN3O2. The van der Waals surface area contributed by atoms with Gasteiger partial charge in [0, 0.05) is 52.7 Å². The van der Waals surface area contributed by atoms with Crippen LogP contribution in [0.4, 0.5) is 0 Å². The van der Waals surface area contributed by atoms with Crippen LogP contribution in [0.15, 0.2) is 42.6 Å². The fourth-order valence-electron chi connectivity index (χ4n) is 5.15. The number of carbonyl (C=O) groups is 1. The Morgan fingerprint density at radius 3 is 2.46 bits per heavy atom. The molecule has 28 heavy (non-hydrogen) atoms. The summed E-state index contributed by atoms with van der Waals surface area (Å²) in [5.74, 6) is 0.335. The number of hydrogen-bond donors (Lipinski definition) is 1. The van der Waals surface area contributed by atoms with Crippen LogP contribution in [0.2, 0.25) is 5.02 Å². The highest BCUT2D eigenvalue weighted by Crippen LogP contribution is 2.45. The zero-order valence-electron chi connectivity index (χ0n) is 15.7. The van der Waals surface area contributed by atoms with E-state index in [-0.39, 0.29) is 23.7 Å². The fourth-order valence-corrected chi connectivity index (χ4v) is 5.43. The van der Waals surface area contributed by atoms with Crippen molar-refractivity contribution < 1.29 is 9.90 Å². The van der Waals surface area contributed by atoms with Crippen molar-refractivity contribution in [2.24, 2.45) is 7.05 Å². The third-order valence-corrected chi connectivity index (χ3v) is 6.75. The number of halogens is 1. The molecule has 6 heteroatoms. The van der Waals surface area contributed by atoms with E-state index >= 15 is 0 Å². The minimum atomic E-state index is -0.110. The number of phenolic OH excluding ortho intramolecular Hbond substituents is 1. The van der Waals surface area contributed by atoms with Gasteiger partial charge in [0.2, 0.25) is 0 Å². The van der Waals surface area contributed by atoms with E-state index in [1.807, 2.05) is 41.0 Å². The number of amides is 1. The van der Waals surface area contributed by atoms with Gasteiger partial charge in [0.15, 0.2) is 0 Å².